The lowest BCUT2D eigenvalue weighted by atomic mass is 10.1. The van der Waals surface area contributed by atoms with Crippen LogP contribution in [0, 0.1) is 0 Å². The highest BCUT2D eigenvalue weighted by molar-refractivity contribution is 6.01. The molecule has 0 unspecified atom stereocenters. The van der Waals surface area contributed by atoms with Gasteiger partial charge in [0, 0.05) is 25.9 Å². The van der Waals surface area contributed by atoms with Gasteiger partial charge in [0.2, 0.25) is 5.91 Å². The molecule has 0 atom stereocenters. The van der Waals surface area contributed by atoms with Gasteiger partial charge in [0.05, 0.1) is 23.9 Å². The Labute approximate surface area is 188 Å². The van der Waals surface area contributed by atoms with E-state index in [-0.39, 0.29) is 17.8 Å². The molecule has 0 radical (unpaired) electrons. The molecule has 2 aromatic heterocycles. The van der Waals surface area contributed by atoms with Crippen LogP contribution in [0.3, 0.4) is 0 Å². The standard InChI is InChI=1S/C24H22N4O5/c1-26-13-17(15-9-5-4-6-10-15)20-21(26)22(30)27(2)24(32)28(20)14-19(29)25-18-12-8-7-11-16(18)23(31)33-3/h4-13H,14H2,1-3H3,(H,25,29). The zero-order valence-corrected chi connectivity index (χ0v) is 18.4. The molecule has 0 saturated heterocycles. The zero-order valence-electron chi connectivity index (χ0n) is 18.4. The van der Waals surface area contributed by atoms with E-state index >= 15 is 0 Å². The van der Waals surface area contributed by atoms with Crippen LogP contribution in [0.1, 0.15) is 10.4 Å². The van der Waals surface area contributed by atoms with E-state index in [0.717, 1.165) is 10.1 Å². The summed E-state index contributed by atoms with van der Waals surface area (Å²) in [6, 6.07) is 15.7. The molecule has 0 spiro atoms. The molecule has 0 aliphatic carbocycles. The second-order valence-electron chi connectivity index (χ2n) is 7.54. The van der Waals surface area contributed by atoms with Gasteiger partial charge in [-0.25, -0.2) is 9.59 Å². The number of methoxy groups -OCH3 is 1. The highest BCUT2D eigenvalue weighted by Gasteiger charge is 2.21. The Morgan fingerprint density at radius 1 is 0.939 bits per heavy atom. The molecule has 0 aliphatic rings. The highest BCUT2D eigenvalue weighted by Crippen LogP contribution is 2.28. The number of para-hydroxylation sites is 1. The number of fused-ring (bicyclic) bond motifs is 1. The highest BCUT2D eigenvalue weighted by atomic mass is 16.5. The van der Waals surface area contributed by atoms with Gasteiger partial charge in [0.1, 0.15) is 12.1 Å². The Balaban J connectivity index is 1.84. The third-order valence-electron chi connectivity index (χ3n) is 5.44. The number of aromatic nitrogens is 3. The van der Waals surface area contributed by atoms with Crippen molar-refractivity contribution >= 4 is 28.6 Å². The number of rotatable bonds is 5. The predicted molar refractivity (Wildman–Crippen MR) is 124 cm³/mol. The van der Waals surface area contributed by atoms with Crippen LogP contribution in [-0.2, 0) is 30.2 Å². The fourth-order valence-corrected chi connectivity index (χ4v) is 3.85. The normalized spacial score (nSPS) is 10.9. The van der Waals surface area contributed by atoms with Crippen molar-refractivity contribution in [1.29, 1.82) is 0 Å². The largest absolute Gasteiger partial charge is 0.465 e. The van der Waals surface area contributed by atoms with Crippen LogP contribution >= 0.6 is 0 Å². The lowest BCUT2D eigenvalue weighted by molar-refractivity contribution is -0.116. The first-order valence-corrected chi connectivity index (χ1v) is 10.1. The number of esters is 1. The molecular weight excluding hydrogens is 424 g/mol. The van der Waals surface area contributed by atoms with E-state index in [1.54, 1.807) is 36.0 Å². The maximum absolute atomic E-state index is 13.1. The number of hydrogen-bond donors (Lipinski definition) is 1. The van der Waals surface area contributed by atoms with Crippen molar-refractivity contribution in [2.45, 2.75) is 6.54 Å². The molecule has 0 fully saturated rings. The van der Waals surface area contributed by atoms with Crippen LogP contribution in [0.4, 0.5) is 5.69 Å². The molecule has 0 aliphatic heterocycles. The van der Waals surface area contributed by atoms with Gasteiger partial charge in [-0.05, 0) is 17.7 Å². The van der Waals surface area contributed by atoms with E-state index in [2.05, 4.69) is 5.32 Å². The van der Waals surface area contributed by atoms with Crippen molar-refractivity contribution in [2.24, 2.45) is 14.1 Å². The first-order chi connectivity index (χ1) is 15.8. The monoisotopic (exact) mass is 446 g/mol. The number of benzene rings is 2. The van der Waals surface area contributed by atoms with E-state index in [0.29, 0.717) is 16.6 Å². The number of carbonyl (C=O) groups is 2. The molecule has 9 heteroatoms. The van der Waals surface area contributed by atoms with E-state index in [9.17, 15) is 19.2 Å². The Bertz CT molecular complexity index is 1500. The number of anilines is 1. The number of carbonyl (C=O) groups excluding carboxylic acids is 2. The molecule has 33 heavy (non-hydrogen) atoms. The molecule has 1 amide bonds. The molecule has 2 aromatic carbocycles. The van der Waals surface area contributed by atoms with Gasteiger partial charge >= 0.3 is 11.7 Å². The van der Waals surface area contributed by atoms with Gasteiger partial charge in [0.25, 0.3) is 5.56 Å². The summed E-state index contributed by atoms with van der Waals surface area (Å²) in [7, 11) is 4.35. The molecule has 4 rings (SSSR count). The SMILES string of the molecule is COC(=O)c1ccccc1NC(=O)Cn1c(=O)n(C)c(=O)c2c1c(-c1ccccc1)cn2C. The van der Waals surface area contributed by atoms with E-state index in [1.165, 1.54) is 24.8 Å². The van der Waals surface area contributed by atoms with E-state index < -0.39 is 23.1 Å². The smallest absolute Gasteiger partial charge is 0.339 e. The third-order valence-corrected chi connectivity index (χ3v) is 5.44. The summed E-state index contributed by atoms with van der Waals surface area (Å²) < 4.78 is 8.67. The summed E-state index contributed by atoms with van der Waals surface area (Å²) in [5.41, 5.74) is 1.52. The first kappa shape index (κ1) is 21.8. The van der Waals surface area contributed by atoms with Crippen LogP contribution in [0.2, 0.25) is 0 Å². The molecular formula is C24H22N4O5. The van der Waals surface area contributed by atoms with Crippen molar-refractivity contribution < 1.29 is 14.3 Å². The minimum absolute atomic E-state index is 0.191. The number of hydrogen-bond acceptors (Lipinski definition) is 5. The van der Waals surface area contributed by atoms with Crippen molar-refractivity contribution in [2.75, 3.05) is 12.4 Å². The summed E-state index contributed by atoms with van der Waals surface area (Å²) in [6.45, 7) is -0.358. The van der Waals surface area contributed by atoms with Crippen molar-refractivity contribution in [1.82, 2.24) is 13.7 Å². The number of aryl methyl sites for hydroxylation is 1. The second kappa shape index (κ2) is 8.62. The Hall–Kier alpha value is -4.40. The minimum atomic E-state index is -0.618. The Kier molecular flexibility index (Phi) is 5.70. The average Bonchev–Trinajstić information content (AvgIpc) is 3.17. The lowest BCUT2D eigenvalue weighted by Gasteiger charge is -2.13. The average molecular weight is 446 g/mol. The van der Waals surface area contributed by atoms with Crippen molar-refractivity contribution in [3.8, 4) is 11.1 Å². The van der Waals surface area contributed by atoms with Gasteiger partial charge in [-0.15, -0.1) is 0 Å². The fraction of sp³-hybridized carbons (Fsp3) is 0.167. The number of nitrogens with zero attached hydrogens (tertiary/aromatic N) is 3. The molecule has 4 aromatic rings. The molecule has 2 heterocycles. The van der Waals surface area contributed by atoms with Crippen LogP contribution in [0.15, 0.2) is 70.4 Å². The molecule has 0 bridgehead atoms. The number of nitrogens with one attached hydrogen (secondary N) is 1. The van der Waals surface area contributed by atoms with Gasteiger partial charge in [-0.2, -0.15) is 0 Å². The summed E-state index contributed by atoms with van der Waals surface area (Å²) in [6.07, 6.45) is 1.77. The van der Waals surface area contributed by atoms with E-state index in [1.807, 2.05) is 30.3 Å². The van der Waals surface area contributed by atoms with Crippen molar-refractivity contribution in [3.05, 3.63) is 87.2 Å². The van der Waals surface area contributed by atoms with Crippen molar-refractivity contribution in [3.63, 3.8) is 0 Å². The summed E-state index contributed by atoms with van der Waals surface area (Å²) in [4.78, 5) is 50.9. The van der Waals surface area contributed by atoms with Gasteiger partial charge in [-0.3, -0.25) is 18.7 Å². The minimum Gasteiger partial charge on any atom is -0.465 e. The summed E-state index contributed by atoms with van der Waals surface area (Å²) in [5.74, 6) is -1.13. The summed E-state index contributed by atoms with van der Waals surface area (Å²) >= 11 is 0. The quantitative estimate of drug-likeness (QED) is 0.473. The predicted octanol–water partition coefficient (Wildman–Crippen LogP) is 2.13. The molecule has 1 N–H and O–H groups in total. The number of amides is 1. The fourth-order valence-electron chi connectivity index (χ4n) is 3.85. The van der Waals surface area contributed by atoms with Gasteiger partial charge in [0.15, 0.2) is 0 Å². The topological polar surface area (TPSA) is 104 Å². The van der Waals surface area contributed by atoms with Crippen LogP contribution < -0.4 is 16.6 Å². The maximum Gasteiger partial charge on any atom is 0.339 e. The first-order valence-electron chi connectivity index (χ1n) is 10.1. The maximum atomic E-state index is 13.1. The Morgan fingerprint density at radius 3 is 2.30 bits per heavy atom. The van der Waals surface area contributed by atoms with Crippen LogP contribution in [0.25, 0.3) is 22.2 Å². The summed E-state index contributed by atoms with van der Waals surface area (Å²) in [5, 5.41) is 2.67. The molecule has 0 saturated carbocycles. The Morgan fingerprint density at radius 2 is 1.61 bits per heavy atom. The van der Waals surface area contributed by atoms with E-state index in [4.69, 9.17) is 4.74 Å². The molecule has 9 nitrogen and oxygen atoms in total. The zero-order chi connectivity index (χ0) is 23.7. The van der Waals surface area contributed by atoms with Gasteiger partial charge < -0.3 is 14.6 Å². The molecule has 168 valence electrons. The van der Waals surface area contributed by atoms with Crippen LogP contribution in [-0.4, -0.2) is 32.7 Å². The van der Waals surface area contributed by atoms with Gasteiger partial charge in [-0.1, -0.05) is 42.5 Å². The van der Waals surface area contributed by atoms with Crippen LogP contribution in [0.5, 0.6) is 0 Å². The number of ether oxygens (including phenoxy) is 1. The second-order valence-corrected chi connectivity index (χ2v) is 7.54. The lowest BCUT2D eigenvalue weighted by Crippen LogP contribution is -2.40. The third kappa shape index (κ3) is 3.84.